The predicted molar refractivity (Wildman–Crippen MR) is 142 cm³/mol. The lowest BCUT2D eigenvalue weighted by Crippen LogP contribution is -2.28. The highest BCUT2D eigenvalue weighted by Crippen LogP contribution is 2.14. The second-order valence-electron chi connectivity index (χ2n) is 9.20. The average molecular weight is 460 g/mol. The van der Waals surface area contributed by atoms with Crippen molar-refractivity contribution in [1.82, 2.24) is 5.32 Å². The summed E-state index contributed by atoms with van der Waals surface area (Å²) in [5, 5.41) is 8.96. The predicted octanol–water partition coefficient (Wildman–Crippen LogP) is 7.43. The van der Waals surface area contributed by atoms with Gasteiger partial charge in [-0.25, -0.2) is 0 Å². The molecular formula is C28H49N3O2. The van der Waals surface area contributed by atoms with Gasteiger partial charge in [-0.2, -0.15) is 0 Å². The summed E-state index contributed by atoms with van der Waals surface area (Å²) in [6.07, 6.45) is 20.3. The molecule has 0 radical (unpaired) electrons. The number of carbonyl (C=O) groups is 2. The first-order valence-corrected chi connectivity index (χ1v) is 13.6. The number of carbonyl (C=O) groups excluding carboxylic acids is 2. The minimum Gasteiger partial charge on any atom is -0.326 e. The highest BCUT2D eigenvalue weighted by molar-refractivity contribution is 5.93. The molecule has 1 aromatic carbocycles. The van der Waals surface area contributed by atoms with Gasteiger partial charge in [-0.05, 0) is 43.7 Å². The van der Waals surface area contributed by atoms with E-state index in [1.165, 1.54) is 83.5 Å². The normalized spacial score (nSPS) is 10.8. The van der Waals surface area contributed by atoms with Gasteiger partial charge in [-0.1, -0.05) is 97.3 Å². The molecule has 5 nitrogen and oxygen atoms in total. The number of benzene rings is 1. The van der Waals surface area contributed by atoms with Gasteiger partial charge in [0.05, 0.1) is 6.54 Å². The first-order valence-electron chi connectivity index (χ1n) is 13.6. The number of hydrogen-bond acceptors (Lipinski definition) is 3. The third kappa shape index (κ3) is 17.3. The van der Waals surface area contributed by atoms with Crippen LogP contribution in [-0.4, -0.2) is 24.9 Å². The SMILES string of the molecule is CCCCCCCCCCCCCCCCNCC(=O)Nc1ccc(NC(=O)CCC)cc1. The molecule has 0 saturated heterocycles. The first kappa shape index (κ1) is 29.2. The van der Waals surface area contributed by atoms with Crippen molar-refractivity contribution in [1.29, 1.82) is 0 Å². The van der Waals surface area contributed by atoms with Crippen molar-refractivity contribution in [3.63, 3.8) is 0 Å². The lowest BCUT2D eigenvalue weighted by molar-refractivity contribution is -0.116. The van der Waals surface area contributed by atoms with Gasteiger partial charge >= 0.3 is 0 Å². The summed E-state index contributed by atoms with van der Waals surface area (Å²) in [4.78, 5) is 23.7. The molecule has 2 amide bonds. The van der Waals surface area contributed by atoms with Crippen LogP contribution >= 0.6 is 0 Å². The van der Waals surface area contributed by atoms with Crippen LogP contribution in [0.4, 0.5) is 11.4 Å². The Hall–Kier alpha value is -1.88. The molecular weight excluding hydrogens is 410 g/mol. The third-order valence-electron chi connectivity index (χ3n) is 5.92. The fourth-order valence-corrected chi connectivity index (χ4v) is 3.94. The number of nitrogens with one attached hydrogen (secondary N) is 3. The zero-order chi connectivity index (χ0) is 24.0. The van der Waals surface area contributed by atoms with E-state index in [9.17, 15) is 9.59 Å². The van der Waals surface area contributed by atoms with Crippen molar-refractivity contribution < 1.29 is 9.59 Å². The molecule has 0 spiro atoms. The number of anilines is 2. The maximum absolute atomic E-state index is 12.1. The van der Waals surface area contributed by atoms with Crippen LogP contribution in [0, 0.1) is 0 Å². The molecule has 0 aliphatic carbocycles. The van der Waals surface area contributed by atoms with E-state index in [0.717, 1.165) is 30.8 Å². The molecule has 188 valence electrons. The summed E-state index contributed by atoms with van der Waals surface area (Å²) in [5.74, 6) is -0.0230. The fraction of sp³-hybridized carbons (Fsp3) is 0.714. The maximum Gasteiger partial charge on any atom is 0.238 e. The largest absolute Gasteiger partial charge is 0.326 e. The van der Waals surface area contributed by atoms with E-state index in [4.69, 9.17) is 0 Å². The van der Waals surface area contributed by atoms with E-state index in [2.05, 4.69) is 22.9 Å². The lowest BCUT2D eigenvalue weighted by atomic mass is 10.0. The Kier molecular flexibility index (Phi) is 18.3. The molecule has 0 aromatic heterocycles. The van der Waals surface area contributed by atoms with Crippen LogP contribution in [0.5, 0.6) is 0 Å². The molecule has 0 aliphatic rings. The van der Waals surface area contributed by atoms with Gasteiger partial charge in [0.25, 0.3) is 0 Å². The Balaban J connectivity index is 1.91. The zero-order valence-electron chi connectivity index (χ0n) is 21.4. The molecule has 0 fully saturated rings. The summed E-state index contributed by atoms with van der Waals surface area (Å²) >= 11 is 0. The van der Waals surface area contributed by atoms with Crippen molar-refractivity contribution in [2.75, 3.05) is 23.7 Å². The monoisotopic (exact) mass is 459 g/mol. The van der Waals surface area contributed by atoms with Gasteiger partial charge in [-0.15, -0.1) is 0 Å². The Morgan fingerprint density at radius 3 is 1.45 bits per heavy atom. The van der Waals surface area contributed by atoms with Gasteiger partial charge in [0, 0.05) is 17.8 Å². The topological polar surface area (TPSA) is 70.2 Å². The van der Waals surface area contributed by atoms with Gasteiger partial charge < -0.3 is 16.0 Å². The summed E-state index contributed by atoms with van der Waals surface area (Å²) in [6, 6.07) is 7.25. The standard InChI is InChI=1S/C28H49N3O2/c1-3-5-6-7-8-9-10-11-12-13-14-15-16-17-23-29-24-28(33)31-26-21-19-25(20-22-26)30-27(32)18-4-2/h19-22,29H,3-18,23-24H2,1-2H3,(H,30,32)(H,31,33). The zero-order valence-corrected chi connectivity index (χ0v) is 21.4. The average Bonchev–Trinajstić information content (AvgIpc) is 2.80. The minimum atomic E-state index is -0.0388. The van der Waals surface area contributed by atoms with Crippen LogP contribution in [0.2, 0.25) is 0 Å². The van der Waals surface area contributed by atoms with E-state index in [0.29, 0.717) is 13.0 Å². The van der Waals surface area contributed by atoms with Crippen molar-refractivity contribution in [3.05, 3.63) is 24.3 Å². The first-order chi connectivity index (χ1) is 16.2. The molecule has 3 N–H and O–H groups in total. The highest BCUT2D eigenvalue weighted by atomic mass is 16.2. The van der Waals surface area contributed by atoms with Crippen LogP contribution in [0.25, 0.3) is 0 Å². The summed E-state index contributed by atoms with van der Waals surface area (Å²) in [5.41, 5.74) is 1.49. The Bertz CT molecular complexity index is 616. The molecule has 0 atom stereocenters. The minimum absolute atomic E-state index is 0.0157. The molecule has 0 saturated carbocycles. The molecule has 0 bridgehead atoms. The van der Waals surface area contributed by atoms with Crippen molar-refractivity contribution >= 4 is 23.2 Å². The molecule has 33 heavy (non-hydrogen) atoms. The van der Waals surface area contributed by atoms with Gasteiger partial charge in [0.1, 0.15) is 0 Å². The fourth-order valence-electron chi connectivity index (χ4n) is 3.94. The van der Waals surface area contributed by atoms with Gasteiger partial charge in [0.2, 0.25) is 11.8 Å². The maximum atomic E-state index is 12.1. The van der Waals surface area contributed by atoms with E-state index in [1.54, 1.807) is 0 Å². The van der Waals surface area contributed by atoms with Crippen LogP contribution in [-0.2, 0) is 9.59 Å². The molecule has 5 heteroatoms. The van der Waals surface area contributed by atoms with Gasteiger partial charge in [-0.3, -0.25) is 9.59 Å². The summed E-state index contributed by atoms with van der Waals surface area (Å²) in [7, 11) is 0. The molecule has 0 heterocycles. The molecule has 0 unspecified atom stereocenters. The Labute approximate surface area is 202 Å². The summed E-state index contributed by atoms with van der Waals surface area (Å²) < 4.78 is 0. The number of rotatable bonds is 21. The number of amides is 2. The lowest BCUT2D eigenvalue weighted by Gasteiger charge is -2.08. The van der Waals surface area contributed by atoms with E-state index < -0.39 is 0 Å². The Morgan fingerprint density at radius 2 is 1.00 bits per heavy atom. The highest BCUT2D eigenvalue weighted by Gasteiger charge is 2.04. The Morgan fingerprint density at radius 1 is 0.576 bits per heavy atom. The van der Waals surface area contributed by atoms with E-state index in [1.807, 2.05) is 31.2 Å². The van der Waals surface area contributed by atoms with Crippen LogP contribution in [0.3, 0.4) is 0 Å². The quantitative estimate of drug-likeness (QED) is 0.167. The third-order valence-corrected chi connectivity index (χ3v) is 5.92. The van der Waals surface area contributed by atoms with E-state index in [-0.39, 0.29) is 11.8 Å². The molecule has 1 rings (SSSR count). The second-order valence-corrected chi connectivity index (χ2v) is 9.20. The van der Waals surface area contributed by atoms with Crippen molar-refractivity contribution in [2.24, 2.45) is 0 Å². The van der Waals surface area contributed by atoms with Crippen molar-refractivity contribution in [2.45, 2.75) is 117 Å². The molecule has 0 aliphatic heterocycles. The molecule has 1 aromatic rings. The number of hydrogen-bond donors (Lipinski definition) is 3. The van der Waals surface area contributed by atoms with Crippen LogP contribution in [0.1, 0.15) is 117 Å². The van der Waals surface area contributed by atoms with Crippen LogP contribution < -0.4 is 16.0 Å². The van der Waals surface area contributed by atoms with E-state index >= 15 is 0 Å². The smallest absolute Gasteiger partial charge is 0.238 e. The second kappa shape index (κ2) is 20.7. The number of unbranched alkanes of at least 4 members (excludes halogenated alkanes) is 13. The summed E-state index contributed by atoms with van der Waals surface area (Å²) in [6.45, 7) is 5.46. The van der Waals surface area contributed by atoms with Crippen LogP contribution in [0.15, 0.2) is 24.3 Å². The van der Waals surface area contributed by atoms with Gasteiger partial charge in [0.15, 0.2) is 0 Å². The van der Waals surface area contributed by atoms with Crippen molar-refractivity contribution in [3.8, 4) is 0 Å².